The molecule has 2 unspecified atom stereocenters. The molecule has 2 atom stereocenters. The van der Waals surface area contributed by atoms with E-state index in [0.29, 0.717) is 5.92 Å². The van der Waals surface area contributed by atoms with Gasteiger partial charge in [0.25, 0.3) is 0 Å². The zero-order valence-corrected chi connectivity index (χ0v) is 11.6. The van der Waals surface area contributed by atoms with Crippen molar-refractivity contribution in [3.63, 3.8) is 0 Å². The molecule has 0 saturated heterocycles. The number of ketones is 1. The van der Waals surface area contributed by atoms with E-state index in [1.54, 1.807) is 0 Å². The summed E-state index contributed by atoms with van der Waals surface area (Å²) >= 11 is 1.27. The molecule has 3 nitrogen and oxygen atoms in total. The maximum absolute atomic E-state index is 12.5. The topological polar surface area (TPSA) is 42.9 Å². The van der Waals surface area contributed by atoms with Crippen molar-refractivity contribution in [3.8, 4) is 0 Å². The minimum absolute atomic E-state index is 0.207. The van der Waals surface area contributed by atoms with Crippen molar-refractivity contribution in [2.75, 3.05) is 0 Å². The van der Waals surface area contributed by atoms with E-state index in [1.165, 1.54) is 24.4 Å². The van der Waals surface area contributed by atoms with E-state index in [-0.39, 0.29) is 17.6 Å². The standard InChI is InChI=1S/C13H20N2OS/c1-8(2)11-13(17-15-14-11)12(16)10-6-4-5-9(3)7-10/h8-10H,4-7H2,1-3H3. The van der Waals surface area contributed by atoms with Crippen LogP contribution in [0.5, 0.6) is 0 Å². The van der Waals surface area contributed by atoms with E-state index in [0.717, 1.165) is 23.4 Å². The molecule has 2 rings (SSSR count). The molecule has 1 fully saturated rings. The first-order valence-electron chi connectivity index (χ1n) is 6.46. The highest BCUT2D eigenvalue weighted by Crippen LogP contribution is 2.33. The molecule has 4 heteroatoms. The second-order valence-corrected chi connectivity index (χ2v) is 6.23. The van der Waals surface area contributed by atoms with Crippen molar-refractivity contribution < 1.29 is 4.79 Å². The van der Waals surface area contributed by atoms with Crippen LogP contribution in [0.1, 0.15) is 67.7 Å². The van der Waals surface area contributed by atoms with Crippen LogP contribution < -0.4 is 0 Å². The summed E-state index contributed by atoms with van der Waals surface area (Å²) in [6, 6.07) is 0. The van der Waals surface area contributed by atoms with E-state index in [4.69, 9.17) is 0 Å². The van der Waals surface area contributed by atoms with Gasteiger partial charge in [0.1, 0.15) is 4.88 Å². The van der Waals surface area contributed by atoms with Gasteiger partial charge in [-0.25, -0.2) is 0 Å². The van der Waals surface area contributed by atoms with Gasteiger partial charge in [0.15, 0.2) is 5.78 Å². The first-order valence-corrected chi connectivity index (χ1v) is 7.23. The fraction of sp³-hybridized carbons (Fsp3) is 0.769. The van der Waals surface area contributed by atoms with Crippen LogP contribution in [0.15, 0.2) is 0 Å². The monoisotopic (exact) mass is 252 g/mol. The Morgan fingerprint density at radius 2 is 2.18 bits per heavy atom. The number of hydrogen-bond donors (Lipinski definition) is 0. The van der Waals surface area contributed by atoms with Crippen LogP contribution in [0.3, 0.4) is 0 Å². The van der Waals surface area contributed by atoms with Crippen LogP contribution in [-0.4, -0.2) is 15.4 Å². The van der Waals surface area contributed by atoms with Gasteiger partial charge in [-0.05, 0) is 36.2 Å². The Balaban J connectivity index is 2.16. The Morgan fingerprint density at radius 3 is 2.82 bits per heavy atom. The molecule has 1 aromatic heterocycles. The SMILES string of the molecule is CC1CCCC(C(=O)c2snnc2C(C)C)C1. The predicted octanol–water partition coefficient (Wildman–Crippen LogP) is 3.67. The fourth-order valence-electron chi connectivity index (χ4n) is 2.60. The maximum Gasteiger partial charge on any atom is 0.179 e. The van der Waals surface area contributed by atoms with Crippen molar-refractivity contribution in [2.24, 2.45) is 11.8 Å². The number of carbonyl (C=O) groups is 1. The number of nitrogens with zero attached hydrogens (tertiary/aromatic N) is 2. The van der Waals surface area contributed by atoms with E-state index >= 15 is 0 Å². The summed E-state index contributed by atoms with van der Waals surface area (Å²) in [5.41, 5.74) is 0.887. The molecule has 0 aliphatic heterocycles. The Kier molecular flexibility index (Phi) is 3.92. The summed E-state index contributed by atoms with van der Waals surface area (Å²) in [4.78, 5) is 13.3. The normalized spacial score (nSPS) is 25.2. The van der Waals surface area contributed by atoms with Gasteiger partial charge in [-0.1, -0.05) is 38.1 Å². The van der Waals surface area contributed by atoms with Gasteiger partial charge in [-0.15, -0.1) is 5.10 Å². The summed E-state index contributed by atoms with van der Waals surface area (Å²) in [7, 11) is 0. The van der Waals surface area contributed by atoms with Crippen LogP contribution in [0.4, 0.5) is 0 Å². The smallest absolute Gasteiger partial charge is 0.179 e. The molecule has 0 amide bonds. The Morgan fingerprint density at radius 1 is 1.41 bits per heavy atom. The summed E-state index contributed by atoms with van der Waals surface area (Å²) in [5, 5.41) is 4.10. The van der Waals surface area contributed by atoms with Crippen LogP contribution in [0, 0.1) is 11.8 Å². The van der Waals surface area contributed by atoms with Crippen LogP contribution >= 0.6 is 11.5 Å². The lowest BCUT2D eigenvalue weighted by Crippen LogP contribution is -2.22. The molecule has 1 saturated carbocycles. The zero-order valence-electron chi connectivity index (χ0n) is 10.8. The molecular weight excluding hydrogens is 232 g/mol. The first-order chi connectivity index (χ1) is 8.09. The highest BCUT2D eigenvalue weighted by atomic mass is 32.1. The van der Waals surface area contributed by atoms with Crippen LogP contribution in [-0.2, 0) is 0 Å². The second-order valence-electron chi connectivity index (χ2n) is 5.47. The largest absolute Gasteiger partial charge is 0.293 e. The fourth-order valence-corrected chi connectivity index (χ4v) is 3.44. The highest BCUT2D eigenvalue weighted by Gasteiger charge is 2.29. The highest BCUT2D eigenvalue weighted by molar-refractivity contribution is 7.08. The summed E-state index contributed by atoms with van der Waals surface area (Å²) in [5.74, 6) is 1.46. The average molecular weight is 252 g/mol. The molecular formula is C13H20N2OS. The van der Waals surface area contributed by atoms with E-state index in [1.807, 2.05) is 0 Å². The average Bonchev–Trinajstić information content (AvgIpc) is 2.77. The second kappa shape index (κ2) is 5.25. The lowest BCUT2D eigenvalue weighted by atomic mass is 9.79. The lowest BCUT2D eigenvalue weighted by Gasteiger charge is -2.25. The maximum atomic E-state index is 12.5. The molecule has 0 bridgehead atoms. The molecule has 1 aliphatic rings. The van der Waals surface area contributed by atoms with Gasteiger partial charge < -0.3 is 0 Å². The molecule has 17 heavy (non-hydrogen) atoms. The van der Waals surface area contributed by atoms with E-state index in [9.17, 15) is 4.79 Å². The van der Waals surface area contributed by atoms with Gasteiger partial charge in [-0.2, -0.15) is 0 Å². The molecule has 1 heterocycles. The van der Waals surface area contributed by atoms with Crippen molar-refractivity contribution in [1.29, 1.82) is 0 Å². The van der Waals surface area contributed by atoms with E-state index < -0.39 is 0 Å². The van der Waals surface area contributed by atoms with Gasteiger partial charge in [0.2, 0.25) is 0 Å². The van der Waals surface area contributed by atoms with Crippen LogP contribution in [0.25, 0.3) is 0 Å². The number of carbonyl (C=O) groups excluding carboxylic acids is 1. The summed E-state index contributed by atoms with van der Waals surface area (Å²) < 4.78 is 3.95. The zero-order chi connectivity index (χ0) is 12.4. The summed E-state index contributed by atoms with van der Waals surface area (Å²) in [6.07, 6.45) is 4.52. The third-order valence-electron chi connectivity index (χ3n) is 3.59. The molecule has 1 aliphatic carbocycles. The number of aromatic nitrogens is 2. The first kappa shape index (κ1) is 12.7. The predicted molar refractivity (Wildman–Crippen MR) is 69.5 cm³/mol. The van der Waals surface area contributed by atoms with Crippen molar-refractivity contribution in [2.45, 2.75) is 52.4 Å². The Bertz CT molecular complexity index is 400. The molecule has 0 spiro atoms. The Hall–Kier alpha value is -0.770. The van der Waals surface area contributed by atoms with Crippen molar-refractivity contribution in [3.05, 3.63) is 10.6 Å². The molecule has 0 radical (unpaired) electrons. The quantitative estimate of drug-likeness (QED) is 0.771. The van der Waals surface area contributed by atoms with Crippen LogP contribution in [0.2, 0.25) is 0 Å². The minimum atomic E-state index is 0.207. The van der Waals surface area contributed by atoms with Gasteiger partial charge in [-0.3, -0.25) is 4.79 Å². The minimum Gasteiger partial charge on any atom is -0.293 e. The van der Waals surface area contributed by atoms with Gasteiger partial charge in [0.05, 0.1) is 5.69 Å². The number of Topliss-reactive ketones (excluding diaryl/α,β-unsaturated/α-hetero) is 1. The third-order valence-corrected chi connectivity index (χ3v) is 4.35. The van der Waals surface area contributed by atoms with Crippen molar-refractivity contribution in [1.82, 2.24) is 9.59 Å². The third kappa shape index (κ3) is 2.73. The Labute approximate surface area is 107 Å². The van der Waals surface area contributed by atoms with Crippen molar-refractivity contribution >= 4 is 17.3 Å². The summed E-state index contributed by atoms with van der Waals surface area (Å²) in [6.45, 7) is 6.38. The molecule has 94 valence electrons. The number of rotatable bonds is 3. The number of hydrogen-bond acceptors (Lipinski definition) is 4. The molecule has 1 aromatic rings. The lowest BCUT2D eigenvalue weighted by molar-refractivity contribution is 0.0871. The van der Waals surface area contributed by atoms with Gasteiger partial charge >= 0.3 is 0 Å². The van der Waals surface area contributed by atoms with E-state index in [2.05, 4.69) is 30.4 Å². The molecule has 0 N–H and O–H groups in total. The van der Waals surface area contributed by atoms with Gasteiger partial charge in [0, 0.05) is 5.92 Å². The molecule has 0 aromatic carbocycles.